The number of ether oxygens (including phenoxy) is 4. The van der Waals surface area contributed by atoms with Gasteiger partial charge in [-0.05, 0) is 57.2 Å². The molecule has 0 aromatic heterocycles. The van der Waals surface area contributed by atoms with E-state index in [0.717, 1.165) is 12.1 Å². The molecule has 0 fully saturated rings. The Balaban J connectivity index is 2.25. The van der Waals surface area contributed by atoms with Crippen LogP contribution in [0.4, 0.5) is 18.9 Å². The molecule has 6 nitrogen and oxygen atoms in total. The monoisotopic (exact) mass is 413 g/mol. The quantitative estimate of drug-likeness (QED) is 0.624. The Morgan fingerprint density at radius 2 is 1.41 bits per heavy atom. The van der Waals surface area contributed by atoms with Crippen LogP contribution < -0.4 is 24.3 Å². The molecule has 1 N–H and O–H groups in total. The van der Waals surface area contributed by atoms with Crippen LogP contribution in [0.15, 0.2) is 36.4 Å². The van der Waals surface area contributed by atoms with Crippen molar-refractivity contribution in [1.82, 2.24) is 0 Å². The smallest absolute Gasteiger partial charge is 0.490 e. The minimum Gasteiger partial charge on any atom is -0.490 e. The normalized spacial score (nSPS) is 11.0. The number of rotatable bonds is 9. The number of amides is 1. The van der Waals surface area contributed by atoms with Gasteiger partial charge in [0.1, 0.15) is 5.75 Å². The molecule has 0 aliphatic carbocycles. The molecule has 0 saturated carbocycles. The Morgan fingerprint density at radius 1 is 0.897 bits per heavy atom. The standard InChI is InChI=1S/C20H22F3NO5/c1-4-26-16-11-13(12-17(27-5-2)18(16)28-6-3)19(25)24-14-7-9-15(10-8-14)29-20(21,22)23/h7-12H,4-6H2,1-3H3,(H,24,25). The van der Waals surface area contributed by atoms with Gasteiger partial charge in [-0.15, -0.1) is 13.2 Å². The summed E-state index contributed by atoms with van der Waals surface area (Å²) in [7, 11) is 0. The molecule has 0 atom stereocenters. The zero-order chi connectivity index (χ0) is 21.4. The second kappa shape index (κ2) is 9.90. The maximum absolute atomic E-state index is 12.6. The van der Waals surface area contributed by atoms with Gasteiger partial charge < -0.3 is 24.3 Å². The molecule has 0 spiro atoms. The maximum atomic E-state index is 12.6. The molecule has 2 aromatic carbocycles. The highest BCUT2D eigenvalue weighted by atomic mass is 19.4. The lowest BCUT2D eigenvalue weighted by Crippen LogP contribution is -2.17. The molecule has 0 aliphatic rings. The van der Waals surface area contributed by atoms with E-state index in [1.165, 1.54) is 24.3 Å². The molecule has 29 heavy (non-hydrogen) atoms. The Hall–Kier alpha value is -3.10. The summed E-state index contributed by atoms with van der Waals surface area (Å²) < 4.78 is 57.3. The van der Waals surface area contributed by atoms with Crippen molar-refractivity contribution < 1.29 is 36.9 Å². The van der Waals surface area contributed by atoms with Crippen LogP contribution >= 0.6 is 0 Å². The van der Waals surface area contributed by atoms with Crippen molar-refractivity contribution in [3.05, 3.63) is 42.0 Å². The van der Waals surface area contributed by atoms with E-state index in [0.29, 0.717) is 42.8 Å². The number of carbonyl (C=O) groups excluding carboxylic acids is 1. The van der Waals surface area contributed by atoms with E-state index in [4.69, 9.17) is 14.2 Å². The molecule has 0 radical (unpaired) electrons. The number of carbonyl (C=O) groups is 1. The van der Waals surface area contributed by atoms with Gasteiger partial charge in [-0.1, -0.05) is 0 Å². The van der Waals surface area contributed by atoms with Gasteiger partial charge in [-0.2, -0.15) is 0 Å². The summed E-state index contributed by atoms with van der Waals surface area (Å²) in [5, 5.41) is 2.61. The second-order valence-corrected chi connectivity index (χ2v) is 5.63. The zero-order valence-electron chi connectivity index (χ0n) is 16.3. The molecule has 2 rings (SSSR count). The number of anilines is 1. The number of hydrogen-bond acceptors (Lipinski definition) is 5. The molecular weight excluding hydrogens is 391 g/mol. The molecule has 0 saturated heterocycles. The van der Waals surface area contributed by atoms with E-state index in [9.17, 15) is 18.0 Å². The van der Waals surface area contributed by atoms with Crippen LogP contribution in [0.1, 0.15) is 31.1 Å². The summed E-state index contributed by atoms with van der Waals surface area (Å²) in [6.45, 7) is 6.52. The van der Waals surface area contributed by atoms with Crippen LogP contribution in [0.5, 0.6) is 23.0 Å². The highest BCUT2D eigenvalue weighted by Crippen LogP contribution is 2.39. The van der Waals surface area contributed by atoms with Crippen LogP contribution in [0.3, 0.4) is 0 Å². The fourth-order valence-corrected chi connectivity index (χ4v) is 2.46. The van der Waals surface area contributed by atoms with Gasteiger partial charge >= 0.3 is 6.36 Å². The molecule has 0 bridgehead atoms. The summed E-state index contributed by atoms with van der Waals surface area (Å²) in [4.78, 5) is 12.6. The van der Waals surface area contributed by atoms with Crippen molar-refractivity contribution in [2.24, 2.45) is 0 Å². The first-order chi connectivity index (χ1) is 13.8. The highest BCUT2D eigenvalue weighted by molar-refractivity contribution is 6.05. The van der Waals surface area contributed by atoms with Gasteiger partial charge in [0.25, 0.3) is 5.91 Å². The highest BCUT2D eigenvalue weighted by Gasteiger charge is 2.31. The van der Waals surface area contributed by atoms with Crippen molar-refractivity contribution in [3.63, 3.8) is 0 Å². The number of hydrogen-bond donors (Lipinski definition) is 1. The van der Waals surface area contributed by atoms with E-state index in [-0.39, 0.29) is 11.3 Å². The van der Waals surface area contributed by atoms with E-state index < -0.39 is 12.3 Å². The third kappa shape index (κ3) is 6.48. The Bertz CT molecular complexity index is 795. The molecule has 0 heterocycles. The molecular formula is C20H22F3NO5. The Kier molecular flexibility index (Phi) is 7.58. The van der Waals surface area contributed by atoms with E-state index in [2.05, 4.69) is 10.1 Å². The number of alkyl halides is 3. The van der Waals surface area contributed by atoms with E-state index >= 15 is 0 Å². The van der Waals surface area contributed by atoms with Crippen LogP contribution in [0.25, 0.3) is 0 Å². The van der Waals surface area contributed by atoms with Crippen LogP contribution in [0.2, 0.25) is 0 Å². The van der Waals surface area contributed by atoms with Crippen molar-refractivity contribution in [2.45, 2.75) is 27.1 Å². The first kappa shape index (κ1) is 22.2. The third-order valence-corrected chi connectivity index (χ3v) is 3.52. The minimum atomic E-state index is -4.78. The fraction of sp³-hybridized carbons (Fsp3) is 0.350. The molecule has 0 aliphatic heterocycles. The summed E-state index contributed by atoms with van der Waals surface area (Å²) in [5.74, 6) is 0.258. The van der Waals surface area contributed by atoms with Crippen molar-refractivity contribution in [3.8, 4) is 23.0 Å². The number of halogens is 3. The Labute approximate surface area is 166 Å². The van der Waals surface area contributed by atoms with Crippen LogP contribution in [-0.2, 0) is 0 Å². The van der Waals surface area contributed by atoms with Gasteiger partial charge in [-0.25, -0.2) is 0 Å². The van der Waals surface area contributed by atoms with Crippen LogP contribution in [-0.4, -0.2) is 32.1 Å². The summed E-state index contributed by atoms with van der Waals surface area (Å²) in [6.07, 6.45) is -4.78. The largest absolute Gasteiger partial charge is 0.573 e. The van der Waals surface area contributed by atoms with Gasteiger partial charge in [0, 0.05) is 11.3 Å². The predicted molar refractivity (Wildman–Crippen MR) is 101 cm³/mol. The first-order valence-corrected chi connectivity index (χ1v) is 9.01. The molecule has 1 amide bonds. The number of benzene rings is 2. The van der Waals surface area contributed by atoms with Crippen molar-refractivity contribution in [1.29, 1.82) is 0 Å². The summed E-state index contributed by atoms with van der Waals surface area (Å²) in [6, 6.07) is 7.87. The predicted octanol–water partition coefficient (Wildman–Crippen LogP) is 5.03. The first-order valence-electron chi connectivity index (χ1n) is 9.01. The maximum Gasteiger partial charge on any atom is 0.573 e. The van der Waals surface area contributed by atoms with Gasteiger partial charge in [0.05, 0.1) is 19.8 Å². The van der Waals surface area contributed by atoms with Crippen molar-refractivity contribution >= 4 is 11.6 Å². The van der Waals surface area contributed by atoms with E-state index in [1.807, 2.05) is 6.92 Å². The molecule has 9 heteroatoms. The molecule has 2 aromatic rings. The minimum absolute atomic E-state index is 0.246. The van der Waals surface area contributed by atoms with E-state index in [1.54, 1.807) is 13.8 Å². The average molecular weight is 413 g/mol. The van der Waals surface area contributed by atoms with Gasteiger partial charge in [0.2, 0.25) is 5.75 Å². The average Bonchev–Trinajstić information content (AvgIpc) is 2.65. The van der Waals surface area contributed by atoms with Crippen molar-refractivity contribution in [2.75, 3.05) is 25.1 Å². The summed E-state index contributed by atoms with van der Waals surface area (Å²) >= 11 is 0. The number of nitrogens with one attached hydrogen (secondary N) is 1. The van der Waals surface area contributed by atoms with Crippen LogP contribution in [0, 0.1) is 0 Å². The third-order valence-electron chi connectivity index (χ3n) is 3.52. The Morgan fingerprint density at radius 3 is 1.86 bits per heavy atom. The summed E-state index contributed by atoms with van der Waals surface area (Å²) in [5.41, 5.74) is 0.547. The lowest BCUT2D eigenvalue weighted by molar-refractivity contribution is -0.274. The zero-order valence-corrected chi connectivity index (χ0v) is 16.3. The fourth-order valence-electron chi connectivity index (χ4n) is 2.46. The topological polar surface area (TPSA) is 66.0 Å². The van der Waals surface area contributed by atoms with Gasteiger partial charge in [-0.3, -0.25) is 4.79 Å². The molecule has 0 unspecified atom stereocenters. The van der Waals surface area contributed by atoms with Gasteiger partial charge in [0.15, 0.2) is 11.5 Å². The molecule has 158 valence electrons. The SMILES string of the molecule is CCOc1cc(C(=O)Nc2ccc(OC(F)(F)F)cc2)cc(OCC)c1OCC. The second-order valence-electron chi connectivity index (χ2n) is 5.63. The lowest BCUT2D eigenvalue weighted by Gasteiger charge is -2.17. The lowest BCUT2D eigenvalue weighted by atomic mass is 10.1.